The van der Waals surface area contributed by atoms with Gasteiger partial charge in [0.2, 0.25) is 0 Å². The summed E-state index contributed by atoms with van der Waals surface area (Å²) in [6.07, 6.45) is 2.20. The average Bonchev–Trinajstić information content (AvgIpc) is 3.19. The third-order valence-corrected chi connectivity index (χ3v) is 5.74. The van der Waals surface area contributed by atoms with Gasteiger partial charge in [0.25, 0.3) is 0 Å². The molecule has 0 bridgehead atoms. The molecule has 1 aliphatic rings. The molecular formula is C19H27IN4S. The van der Waals surface area contributed by atoms with Gasteiger partial charge in [0.05, 0.1) is 10.7 Å². The molecule has 1 N–H and O–H groups in total. The lowest BCUT2D eigenvalue weighted by molar-refractivity contribution is 0.486. The second-order valence-electron chi connectivity index (χ2n) is 6.31. The number of guanidine groups is 1. The van der Waals surface area contributed by atoms with Crippen LogP contribution in [0.1, 0.15) is 33.5 Å². The molecule has 1 aliphatic heterocycles. The molecule has 0 radical (unpaired) electrons. The van der Waals surface area contributed by atoms with E-state index >= 15 is 0 Å². The largest absolute Gasteiger partial charge is 0.356 e. The van der Waals surface area contributed by atoms with Gasteiger partial charge in [0, 0.05) is 43.9 Å². The number of nitrogens with zero attached hydrogens (tertiary/aromatic N) is 3. The van der Waals surface area contributed by atoms with Crippen molar-refractivity contribution >= 4 is 41.3 Å². The minimum absolute atomic E-state index is 0. The van der Waals surface area contributed by atoms with Crippen LogP contribution in [0.15, 0.2) is 35.3 Å². The first kappa shape index (κ1) is 20.2. The van der Waals surface area contributed by atoms with Crippen LogP contribution in [0.4, 0.5) is 0 Å². The summed E-state index contributed by atoms with van der Waals surface area (Å²) in [5.41, 5.74) is 2.60. The van der Waals surface area contributed by atoms with Crippen LogP contribution in [0.3, 0.4) is 0 Å². The van der Waals surface area contributed by atoms with E-state index in [4.69, 9.17) is 0 Å². The first-order valence-electron chi connectivity index (χ1n) is 8.61. The number of hydrogen-bond donors (Lipinski definition) is 1. The SMILES string of the molecule is CN=C(NCCc1sc(C)nc1C)N1CCC(c2ccccc2)C1.I. The maximum absolute atomic E-state index is 4.50. The number of aryl methyl sites for hydroxylation is 2. The van der Waals surface area contributed by atoms with E-state index in [-0.39, 0.29) is 24.0 Å². The number of aliphatic imine (C=N–C) groups is 1. The fraction of sp³-hybridized carbons (Fsp3) is 0.474. The molecule has 6 heteroatoms. The predicted octanol–water partition coefficient (Wildman–Crippen LogP) is 3.99. The lowest BCUT2D eigenvalue weighted by atomic mass is 9.99. The van der Waals surface area contributed by atoms with Gasteiger partial charge in [0.15, 0.2) is 5.96 Å². The van der Waals surface area contributed by atoms with Gasteiger partial charge in [-0.2, -0.15) is 0 Å². The fourth-order valence-electron chi connectivity index (χ4n) is 3.38. The zero-order valence-corrected chi connectivity index (χ0v) is 18.3. The Morgan fingerprint density at radius 1 is 1.32 bits per heavy atom. The molecule has 1 saturated heterocycles. The highest BCUT2D eigenvalue weighted by molar-refractivity contribution is 14.0. The summed E-state index contributed by atoms with van der Waals surface area (Å²) in [6.45, 7) is 7.18. The minimum atomic E-state index is 0. The Kier molecular flexibility index (Phi) is 7.68. The summed E-state index contributed by atoms with van der Waals surface area (Å²) in [5.74, 6) is 1.63. The van der Waals surface area contributed by atoms with Crippen molar-refractivity contribution in [2.24, 2.45) is 4.99 Å². The lowest BCUT2D eigenvalue weighted by Gasteiger charge is -2.21. The average molecular weight is 470 g/mol. The van der Waals surface area contributed by atoms with Crippen LogP contribution in [0.5, 0.6) is 0 Å². The van der Waals surface area contributed by atoms with Gasteiger partial charge in [-0.15, -0.1) is 35.3 Å². The second-order valence-corrected chi connectivity index (χ2v) is 7.60. The third kappa shape index (κ3) is 5.17. The van der Waals surface area contributed by atoms with Crippen LogP contribution in [-0.4, -0.2) is 42.5 Å². The summed E-state index contributed by atoms with van der Waals surface area (Å²) < 4.78 is 0. The molecule has 4 nitrogen and oxygen atoms in total. The molecule has 1 unspecified atom stereocenters. The highest BCUT2D eigenvalue weighted by Gasteiger charge is 2.25. The Morgan fingerprint density at radius 2 is 2.08 bits per heavy atom. The highest BCUT2D eigenvalue weighted by Crippen LogP contribution is 2.26. The molecule has 1 atom stereocenters. The van der Waals surface area contributed by atoms with E-state index in [9.17, 15) is 0 Å². The van der Waals surface area contributed by atoms with Crippen LogP contribution >= 0.6 is 35.3 Å². The molecule has 1 aromatic heterocycles. The maximum atomic E-state index is 4.50. The van der Waals surface area contributed by atoms with Crippen molar-refractivity contribution in [3.8, 4) is 0 Å². The molecule has 0 amide bonds. The Bertz CT molecular complexity index is 699. The van der Waals surface area contributed by atoms with Crippen molar-refractivity contribution in [3.63, 3.8) is 0 Å². The third-order valence-electron chi connectivity index (χ3n) is 4.61. The molecule has 1 fully saturated rings. The number of hydrogen-bond acceptors (Lipinski definition) is 3. The Hall–Kier alpha value is -1.15. The van der Waals surface area contributed by atoms with Crippen LogP contribution < -0.4 is 5.32 Å². The van der Waals surface area contributed by atoms with Gasteiger partial charge in [-0.1, -0.05) is 30.3 Å². The number of thiazole rings is 1. The van der Waals surface area contributed by atoms with Crippen molar-refractivity contribution in [3.05, 3.63) is 51.5 Å². The van der Waals surface area contributed by atoms with Crippen molar-refractivity contribution in [2.75, 3.05) is 26.7 Å². The molecule has 0 spiro atoms. The molecule has 0 saturated carbocycles. The van der Waals surface area contributed by atoms with E-state index in [1.165, 1.54) is 22.6 Å². The number of halogens is 1. The summed E-state index contributed by atoms with van der Waals surface area (Å²) in [5, 5.41) is 4.67. The molecule has 1 aromatic carbocycles. The smallest absolute Gasteiger partial charge is 0.193 e. The summed E-state index contributed by atoms with van der Waals surface area (Å²) in [4.78, 5) is 12.7. The second kappa shape index (κ2) is 9.52. The number of rotatable bonds is 4. The van der Waals surface area contributed by atoms with Gasteiger partial charge in [-0.05, 0) is 25.8 Å². The van der Waals surface area contributed by atoms with E-state index in [2.05, 4.69) is 64.4 Å². The number of aromatic nitrogens is 1. The van der Waals surface area contributed by atoms with Crippen LogP contribution in [0, 0.1) is 13.8 Å². The minimum Gasteiger partial charge on any atom is -0.356 e. The number of benzene rings is 1. The molecular weight excluding hydrogens is 443 g/mol. The summed E-state index contributed by atoms with van der Waals surface area (Å²) >= 11 is 1.80. The van der Waals surface area contributed by atoms with E-state index in [0.717, 1.165) is 37.0 Å². The van der Waals surface area contributed by atoms with Crippen molar-refractivity contribution in [1.29, 1.82) is 0 Å². The van der Waals surface area contributed by atoms with E-state index < -0.39 is 0 Å². The van der Waals surface area contributed by atoms with Crippen molar-refractivity contribution in [1.82, 2.24) is 15.2 Å². The topological polar surface area (TPSA) is 40.5 Å². The van der Waals surface area contributed by atoms with Crippen molar-refractivity contribution in [2.45, 2.75) is 32.6 Å². The van der Waals surface area contributed by atoms with Gasteiger partial charge >= 0.3 is 0 Å². The fourth-order valence-corrected chi connectivity index (χ4v) is 4.31. The lowest BCUT2D eigenvalue weighted by Crippen LogP contribution is -2.40. The molecule has 3 rings (SSSR count). The van der Waals surface area contributed by atoms with Gasteiger partial charge in [0.1, 0.15) is 0 Å². The van der Waals surface area contributed by atoms with E-state index in [0.29, 0.717) is 5.92 Å². The Balaban J connectivity index is 0.00000225. The zero-order chi connectivity index (χ0) is 16.9. The van der Waals surface area contributed by atoms with E-state index in [1.807, 2.05) is 7.05 Å². The number of nitrogens with one attached hydrogen (secondary N) is 1. The van der Waals surface area contributed by atoms with Crippen LogP contribution in [-0.2, 0) is 6.42 Å². The normalized spacial score (nSPS) is 17.5. The molecule has 136 valence electrons. The van der Waals surface area contributed by atoms with Crippen molar-refractivity contribution < 1.29 is 0 Å². The zero-order valence-electron chi connectivity index (χ0n) is 15.2. The standard InChI is InChI=1S/C19H26N4S.HI/c1-14-18(24-15(2)22-14)9-11-21-19(20-3)23-12-10-17(13-23)16-7-5-4-6-8-16;/h4-8,17H,9-13H2,1-3H3,(H,20,21);1H. The van der Waals surface area contributed by atoms with Gasteiger partial charge < -0.3 is 10.2 Å². The number of likely N-dealkylation sites (tertiary alicyclic amines) is 1. The quantitative estimate of drug-likeness (QED) is 0.418. The summed E-state index contributed by atoms with van der Waals surface area (Å²) in [6, 6.07) is 10.8. The van der Waals surface area contributed by atoms with Gasteiger partial charge in [-0.25, -0.2) is 4.98 Å². The van der Waals surface area contributed by atoms with Crippen LogP contribution in [0.25, 0.3) is 0 Å². The van der Waals surface area contributed by atoms with Crippen LogP contribution in [0.2, 0.25) is 0 Å². The predicted molar refractivity (Wildman–Crippen MR) is 117 cm³/mol. The van der Waals surface area contributed by atoms with E-state index in [1.54, 1.807) is 11.3 Å². The highest BCUT2D eigenvalue weighted by atomic mass is 127. The Morgan fingerprint density at radius 3 is 2.72 bits per heavy atom. The Labute approximate surface area is 171 Å². The molecule has 25 heavy (non-hydrogen) atoms. The summed E-state index contributed by atoms with van der Waals surface area (Å²) in [7, 11) is 1.88. The molecule has 2 heterocycles. The first-order valence-corrected chi connectivity index (χ1v) is 9.42. The molecule has 0 aliphatic carbocycles. The maximum Gasteiger partial charge on any atom is 0.193 e. The molecule has 2 aromatic rings. The monoisotopic (exact) mass is 470 g/mol. The van der Waals surface area contributed by atoms with Gasteiger partial charge in [-0.3, -0.25) is 4.99 Å². The first-order chi connectivity index (χ1) is 11.7.